The molecule has 0 aliphatic carbocycles. The van der Waals surface area contributed by atoms with Crippen LogP contribution in [0.2, 0.25) is 0 Å². The zero-order valence-corrected chi connectivity index (χ0v) is 11.4. The third-order valence-electron chi connectivity index (χ3n) is 3.11. The van der Waals surface area contributed by atoms with E-state index >= 15 is 0 Å². The van der Waals surface area contributed by atoms with Gasteiger partial charge in [-0.3, -0.25) is 10.1 Å². The van der Waals surface area contributed by atoms with Crippen molar-refractivity contribution >= 4 is 11.5 Å². The fraction of sp³-hybridized carbons (Fsp3) is 0.267. The van der Waals surface area contributed by atoms with Crippen LogP contribution >= 0.6 is 0 Å². The number of rotatable bonds is 6. The van der Waals surface area contributed by atoms with Gasteiger partial charge in [-0.1, -0.05) is 31.2 Å². The van der Waals surface area contributed by atoms with Crippen LogP contribution in [0.1, 0.15) is 18.1 Å². The van der Waals surface area contributed by atoms with E-state index in [0.717, 1.165) is 19.4 Å². The van der Waals surface area contributed by atoms with Crippen molar-refractivity contribution in [2.24, 2.45) is 0 Å². The number of hydrogen-bond acceptors (Lipinski definition) is 4. The van der Waals surface area contributed by atoms with Gasteiger partial charge < -0.3 is 5.32 Å². The van der Waals surface area contributed by atoms with Crippen molar-refractivity contribution in [2.75, 3.05) is 11.9 Å². The largest absolute Gasteiger partial charge is 0.370 e. The van der Waals surface area contributed by atoms with E-state index in [1.54, 1.807) is 6.07 Å². The second kappa shape index (κ2) is 6.65. The molecule has 1 N–H and O–H groups in total. The number of nitrogens with zero attached hydrogens (tertiary/aromatic N) is 2. The van der Waals surface area contributed by atoms with Crippen molar-refractivity contribution in [3.8, 4) is 0 Å². The summed E-state index contributed by atoms with van der Waals surface area (Å²) in [5, 5.41) is 13.7. The molecule has 0 saturated carbocycles. The summed E-state index contributed by atoms with van der Waals surface area (Å²) in [5.74, 6) is 0.653. The molecule has 0 bridgehead atoms. The molecule has 0 saturated heterocycles. The van der Waals surface area contributed by atoms with Crippen LogP contribution < -0.4 is 5.32 Å². The number of hydrogen-bond donors (Lipinski definition) is 1. The zero-order chi connectivity index (χ0) is 14.4. The molecule has 20 heavy (non-hydrogen) atoms. The first kappa shape index (κ1) is 14.0. The fourth-order valence-electron chi connectivity index (χ4n) is 1.88. The molecular weight excluding hydrogens is 254 g/mol. The Kier molecular flexibility index (Phi) is 4.65. The van der Waals surface area contributed by atoms with Gasteiger partial charge >= 0.3 is 0 Å². The lowest BCUT2D eigenvalue weighted by Crippen LogP contribution is -2.06. The summed E-state index contributed by atoms with van der Waals surface area (Å²) in [5.41, 5.74) is 2.60. The molecule has 1 aromatic carbocycles. The summed E-state index contributed by atoms with van der Waals surface area (Å²) in [6.45, 7) is 2.88. The van der Waals surface area contributed by atoms with Gasteiger partial charge in [0.05, 0.1) is 4.92 Å². The first-order valence-corrected chi connectivity index (χ1v) is 6.61. The molecule has 2 aromatic rings. The number of benzene rings is 1. The minimum Gasteiger partial charge on any atom is -0.370 e. The van der Waals surface area contributed by atoms with Gasteiger partial charge in [-0.25, -0.2) is 4.98 Å². The van der Waals surface area contributed by atoms with E-state index < -0.39 is 4.92 Å². The summed E-state index contributed by atoms with van der Waals surface area (Å²) in [6.07, 6.45) is 3.20. The summed E-state index contributed by atoms with van der Waals surface area (Å²) in [7, 11) is 0. The highest BCUT2D eigenvalue weighted by molar-refractivity contribution is 5.40. The van der Waals surface area contributed by atoms with E-state index in [1.165, 1.54) is 23.4 Å². The Morgan fingerprint density at radius 2 is 1.85 bits per heavy atom. The Hall–Kier alpha value is -2.43. The van der Waals surface area contributed by atoms with Crippen molar-refractivity contribution in [1.82, 2.24) is 4.98 Å². The third-order valence-corrected chi connectivity index (χ3v) is 3.11. The predicted octanol–water partition coefficient (Wildman–Crippen LogP) is 3.21. The number of anilines is 1. The Morgan fingerprint density at radius 1 is 1.15 bits per heavy atom. The average Bonchev–Trinajstić information content (AvgIpc) is 2.48. The summed E-state index contributed by atoms with van der Waals surface area (Å²) < 4.78 is 0. The standard InChI is InChI=1S/C15H17N3O2/c1-2-12-3-5-13(6-4-12)9-10-16-15-8-7-14(11-17-15)18(19)20/h3-8,11H,2,9-10H2,1H3,(H,16,17). The Bertz CT molecular complexity index is 565. The van der Waals surface area contributed by atoms with Crippen LogP contribution in [0.15, 0.2) is 42.6 Å². The lowest BCUT2D eigenvalue weighted by molar-refractivity contribution is -0.385. The van der Waals surface area contributed by atoms with Crippen molar-refractivity contribution in [2.45, 2.75) is 19.8 Å². The summed E-state index contributed by atoms with van der Waals surface area (Å²) >= 11 is 0. The summed E-state index contributed by atoms with van der Waals surface area (Å²) in [6, 6.07) is 11.6. The zero-order valence-electron chi connectivity index (χ0n) is 11.4. The molecular formula is C15H17N3O2. The van der Waals surface area contributed by atoms with Gasteiger partial charge in [0, 0.05) is 12.6 Å². The maximum absolute atomic E-state index is 10.5. The van der Waals surface area contributed by atoms with Crippen LogP contribution in [-0.4, -0.2) is 16.5 Å². The monoisotopic (exact) mass is 271 g/mol. The van der Waals surface area contributed by atoms with E-state index in [2.05, 4.69) is 41.5 Å². The van der Waals surface area contributed by atoms with E-state index in [4.69, 9.17) is 0 Å². The summed E-state index contributed by atoms with van der Waals surface area (Å²) in [4.78, 5) is 14.1. The molecule has 0 aliphatic rings. The van der Waals surface area contributed by atoms with Gasteiger partial charge in [0.15, 0.2) is 0 Å². The molecule has 0 spiro atoms. The Labute approximate surface area is 117 Å². The SMILES string of the molecule is CCc1ccc(CCNc2ccc([N+](=O)[O-])cn2)cc1. The van der Waals surface area contributed by atoms with Crippen LogP contribution in [0.5, 0.6) is 0 Å². The average molecular weight is 271 g/mol. The number of pyridine rings is 1. The smallest absolute Gasteiger partial charge is 0.287 e. The Balaban J connectivity index is 1.84. The van der Waals surface area contributed by atoms with E-state index in [0.29, 0.717) is 5.82 Å². The fourth-order valence-corrected chi connectivity index (χ4v) is 1.88. The molecule has 1 heterocycles. The first-order valence-electron chi connectivity index (χ1n) is 6.61. The lowest BCUT2D eigenvalue weighted by atomic mass is 10.1. The van der Waals surface area contributed by atoms with Crippen LogP contribution in [0.25, 0.3) is 0 Å². The number of nitro groups is 1. The van der Waals surface area contributed by atoms with Gasteiger partial charge in [-0.2, -0.15) is 0 Å². The molecule has 0 amide bonds. The first-order chi connectivity index (χ1) is 9.69. The van der Waals surface area contributed by atoms with Crippen molar-refractivity contribution in [1.29, 1.82) is 0 Å². The normalized spacial score (nSPS) is 10.2. The van der Waals surface area contributed by atoms with Crippen LogP contribution in [-0.2, 0) is 12.8 Å². The second-order valence-corrected chi connectivity index (χ2v) is 4.51. The number of aromatic nitrogens is 1. The van der Waals surface area contributed by atoms with E-state index in [9.17, 15) is 10.1 Å². The molecule has 0 unspecified atom stereocenters. The second-order valence-electron chi connectivity index (χ2n) is 4.51. The van der Waals surface area contributed by atoms with Crippen LogP contribution in [0.4, 0.5) is 11.5 Å². The minimum absolute atomic E-state index is 0.00528. The molecule has 0 fully saturated rings. The Morgan fingerprint density at radius 3 is 2.40 bits per heavy atom. The van der Waals surface area contributed by atoms with Gasteiger partial charge in [-0.05, 0) is 30.0 Å². The molecule has 0 atom stereocenters. The highest BCUT2D eigenvalue weighted by atomic mass is 16.6. The molecule has 0 radical (unpaired) electrons. The van der Waals surface area contributed by atoms with Crippen molar-refractivity contribution in [3.63, 3.8) is 0 Å². The van der Waals surface area contributed by atoms with Crippen molar-refractivity contribution in [3.05, 3.63) is 63.8 Å². The van der Waals surface area contributed by atoms with Crippen LogP contribution in [0.3, 0.4) is 0 Å². The van der Waals surface area contributed by atoms with E-state index in [1.807, 2.05) is 0 Å². The third kappa shape index (κ3) is 3.78. The molecule has 104 valence electrons. The van der Waals surface area contributed by atoms with Gasteiger partial charge in [-0.15, -0.1) is 0 Å². The molecule has 0 aliphatic heterocycles. The number of nitrogens with one attached hydrogen (secondary N) is 1. The maximum Gasteiger partial charge on any atom is 0.287 e. The number of aryl methyl sites for hydroxylation is 1. The van der Waals surface area contributed by atoms with E-state index in [-0.39, 0.29) is 5.69 Å². The highest BCUT2D eigenvalue weighted by Crippen LogP contribution is 2.12. The van der Waals surface area contributed by atoms with Crippen LogP contribution in [0, 0.1) is 10.1 Å². The quantitative estimate of drug-likeness (QED) is 0.647. The predicted molar refractivity (Wildman–Crippen MR) is 78.9 cm³/mol. The maximum atomic E-state index is 10.5. The molecule has 1 aromatic heterocycles. The topological polar surface area (TPSA) is 68.1 Å². The molecule has 2 rings (SSSR count). The highest BCUT2D eigenvalue weighted by Gasteiger charge is 2.04. The molecule has 5 nitrogen and oxygen atoms in total. The molecule has 5 heteroatoms. The lowest BCUT2D eigenvalue weighted by Gasteiger charge is -2.06. The van der Waals surface area contributed by atoms with Gasteiger partial charge in [0.1, 0.15) is 12.0 Å². The van der Waals surface area contributed by atoms with Crippen molar-refractivity contribution < 1.29 is 4.92 Å². The van der Waals surface area contributed by atoms with Gasteiger partial charge in [0.2, 0.25) is 0 Å². The van der Waals surface area contributed by atoms with Gasteiger partial charge in [0.25, 0.3) is 5.69 Å². The minimum atomic E-state index is -0.452.